The summed E-state index contributed by atoms with van der Waals surface area (Å²) in [6.45, 7) is 0. The number of aromatic nitrogens is 5. The molecule has 4 aromatic rings. The molecule has 0 fully saturated rings. The summed E-state index contributed by atoms with van der Waals surface area (Å²) in [5.41, 5.74) is 0.789. The number of anilines is 2. The van der Waals surface area contributed by atoms with Crippen molar-refractivity contribution in [1.29, 1.82) is 0 Å². The highest BCUT2D eigenvalue weighted by Gasteiger charge is 2.30. The molecule has 26 heavy (non-hydrogen) atoms. The second-order valence-corrected chi connectivity index (χ2v) is 5.45. The van der Waals surface area contributed by atoms with E-state index in [-0.39, 0.29) is 0 Å². The van der Waals surface area contributed by atoms with Crippen molar-refractivity contribution in [3.8, 4) is 11.4 Å². The molecule has 0 aliphatic heterocycles. The highest BCUT2D eigenvalue weighted by Crippen LogP contribution is 2.32. The topological polar surface area (TPSA) is 79.4 Å². The van der Waals surface area contributed by atoms with Crippen LogP contribution >= 0.6 is 0 Å². The average molecular weight is 356 g/mol. The molecule has 3 heterocycles. The average Bonchev–Trinajstić information content (AvgIpc) is 3.05. The summed E-state index contributed by atoms with van der Waals surface area (Å²) in [4.78, 5) is 19.7. The van der Waals surface area contributed by atoms with Gasteiger partial charge < -0.3 is 10.3 Å². The summed E-state index contributed by atoms with van der Waals surface area (Å²) < 4.78 is 38.7. The fourth-order valence-electron chi connectivity index (χ4n) is 2.44. The Kier molecular flexibility index (Phi) is 3.76. The minimum Gasteiger partial charge on any atom is -0.337 e. The highest BCUT2D eigenvalue weighted by molar-refractivity contribution is 5.81. The first kappa shape index (κ1) is 16.0. The molecule has 0 unspecified atom stereocenters. The molecule has 130 valence electrons. The van der Waals surface area contributed by atoms with Crippen molar-refractivity contribution >= 4 is 22.8 Å². The van der Waals surface area contributed by atoms with E-state index in [4.69, 9.17) is 0 Å². The van der Waals surface area contributed by atoms with Gasteiger partial charge in [0.1, 0.15) is 11.6 Å². The Bertz CT molecular complexity index is 1060. The summed E-state index contributed by atoms with van der Waals surface area (Å²) in [6, 6.07) is 8.36. The van der Waals surface area contributed by atoms with Crippen molar-refractivity contribution in [1.82, 2.24) is 24.9 Å². The van der Waals surface area contributed by atoms with Gasteiger partial charge in [0.25, 0.3) is 0 Å². The first-order valence-electron chi connectivity index (χ1n) is 7.56. The molecule has 0 atom stereocenters. The second kappa shape index (κ2) is 6.10. The molecule has 6 nitrogen and oxygen atoms in total. The number of aromatic amines is 1. The first-order chi connectivity index (χ1) is 12.5. The zero-order chi connectivity index (χ0) is 18.1. The summed E-state index contributed by atoms with van der Waals surface area (Å²) in [5.74, 6) is 1.19. The largest absolute Gasteiger partial charge is 0.416 e. The van der Waals surface area contributed by atoms with Crippen molar-refractivity contribution in [2.45, 2.75) is 6.18 Å². The van der Waals surface area contributed by atoms with Crippen molar-refractivity contribution in [3.63, 3.8) is 0 Å². The Morgan fingerprint density at radius 2 is 1.77 bits per heavy atom. The quantitative estimate of drug-likeness (QED) is 0.576. The lowest BCUT2D eigenvalue weighted by molar-refractivity contribution is -0.137. The van der Waals surface area contributed by atoms with Gasteiger partial charge in [0.15, 0.2) is 0 Å². The number of H-pyrrole nitrogens is 1. The molecule has 0 saturated carbocycles. The second-order valence-electron chi connectivity index (χ2n) is 5.45. The van der Waals surface area contributed by atoms with Gasteiger partial charge in [-0.05, 0) is 18.2 Å². The van der Waals surface area contributed by atoms with E-state index in [1.165, 1.54) is 6.07 Å². The molecule has 0 spiro atoms. The summed E-state index contributed by atoms with van der Waals surface area (Å²) in [5, 5.41) is 2.94. The Morgan fingerprint density at radius 1 is 0.962 bits per heavy atom. The molecule has 4 rings (SSSR count). The van der Waals surface area contributed by atoms with Crippen LogP contribution in [-0.2, 0) is 6.18 Å². The Morgan fingerprint density at radius 3 is 2.54 bits per heavy atom. The standard InChI is InChI=1S/C17H11F3N6/c18-17(19,20)11-4-1-3-10(7-11)15-24-12-8-14(23-9-13(12)25-15)26-16-21-5-2-6-22-16/h1-9H,(H,24,25)(H,21,22,23,26). The predicted octanol–water partition coefficient (Wildman–Crippen LogP) is 4.18. The third-order valence-electron chi connectivity index (χ3n) is 3.64. The SMILES string of the molecule is FC(F)(F)c1cccc(-c2nc3cc(Nc4ncccn4)ncc3[nH]2)c1. The van der Waals surface area contributed by atoms with Crippen LogP contribution in [0.25, 0.3) is 22.4 Å². The molecule has 0 saturated heterocycles. The molecular formula is C17H11F3N6. The number of hydrogen-bond acceptors (Lipinski definition) is 5. The molecule has 2 N–H and O–H groups in total. The molecule has 1 aromatic carbocycles. The van der Waals surface area contributed by atoms with Crippen LogP contribution in [0.2, 0.25) is 0 Å². The lowest BCUT2D eigenvalue weighted by Gasteiger charge is -2.07. The van der Waals surface area contributed by atoms with E-state index in [1.54, 1.807) is 36.8 Å². The van der Waals surface area contributed by atoms with Gasteiger partial charge in [0.2, 0.25) is 5.95 Å². The van der Waals surface area contributed by atoms with E-state index in [0.717, 1.165) is 12.1 Å². The van der Waals surface area contributed by atoms with E-state index in [2.05, 4.69) is 30.2 Å². The normalized spacial score (nSPS) is 11.7. The van der Waals surface area contributed by atoms with Crippen molar-refractivity contribution in [3.05, 3.63) is 60.6 Å². The number of alkyl halides is 3. The highest BCUT2D eigenvalue weighted by atomic mass is 19.4. The number of imidazole rings is 1. The smallest absolute Gasteiger partial charge is 0.337 e. The van der Waals surface area contributed by atoms with Gasteiger partial charge in [-0.2, -0.15) is 13.2 Å². The maximum Gasteiger partial charge on any atom is 0.416 e. The van der Waals surface area contributed by atoms with Crippen molar-refractivity contribution in [2.24, 2.45) is 0 Å². The van der Waals surface area contributed by atoms with E-state index < -0.39 is 11.7 Å². The maximum absolute atomic E-state index is 12.9. The number of nitrogens with zero attached hydrogens (tertiary/aromatic N) is 4. The molecule has 9 heteroatoms. The fourth-order valence-corrected chi connectivity index (χ4v) is 2.44. The number of hydrogen-bond donors (Lipinski definition) is 2. The summed E-state index contributed by atoms with van der Waals surface area (Å²) >= 11 is 0. The third-order valence-corrected chi connectivity index (χ3v) is 3.64. The van der Waals surface area contributed by atoms with Crippen LogP contribution < -0.4 is 5.32 Å². The van der Waals surface area contributed by atoms with Crippen molar-refractivity contribution in [2.75, 3.05) is 5.32 Å². The molecule has 0 radical (unpaired) electrons. The maximum atomic E-state index is 12.9. The number of fused-ring (bicyclic) bond motifs is 1. The first-order valence-corrected chi connectivity index (χ1v) is 7.56. The van der Waals surface area contributed by atoms with E-state index >= 15 is 0 Å². The molecular weight excluding hydrogens is 345 g/mol. The predicted molar refractivity (Wildman–Crippen MR) is 89.6 cm³/mol. The van der Waals surface area contributed by atoms with Gasteiger partial charge in [-0.1, -0.05) is 12.1 Å². The molecule has 0 amide bonds. The minimum atomic E-state index is -4.41. The lowest BCUT2D eigenvalue weighted by Crippen LogP contribution is -2.04. The number of nitrogens with one attached hydrogen (secondary N) is 2. The Hall–Kier alpha value is -3.49. The van der Waals surface area contributed by atoms with Gasteiger partial charge in [-0.15, -0.1) is 0 Å². The van der Waals surface area contributed by atoms with Gasteiger partial charge in [-0.3, -0.25) is 0 Å². The Balaban J connectivity index is 1.68. The number of halogens is 3. The van der Waals surface area contributed by atoms with Crippen LogP contribution in [0, 0.1) is 0 Å². The summed E-state index contributed by atoms with van der Waals surface area (Å²) in [7, 11) is 0. The van der Waals surface area contributed by atoms with Crippen LogP contribution in [0.5, 0.6) is 0 Å². The monoisotopic (exact) mass is 356 g/mol. The number of rotatable bonds is 3. The van der Waals surface area contributed by atoms with Gasteiger partial charge in [-0.25, -0.2) is 19.9 Å². The van der Waals surface area contributed by atoms with Crippen LogP contribution in [0.15, 0.2) is 55.0 Å². The molecule has 0 bridgehead atoms. The summed E-state index contributed by atoms with van der Waals surface area (Å²) in [6.07, 6.45) is 0.323. The van der Waals surface area contributed by atoms with E-state index in [1.807, 2.05) is 0 Å². The van der Waals surface area contributed by atoms with Crippen LogP contribution in [0.4, 0.5) is 24.9 Å². The molecule has 3 aromatic heterocycles. The van der Waals surface area contributed by atoms with Crippen LogP contribution in [0.3, 0.4) is 0 Å². The third kappa shape index (κ3) is 3.18. The number of benzene rings is 1. The minimum absolute atomic E-state index is 0.334. The fraction of sp³-hybridized carbons (Fsp3) is 0.0588. The zero-order valence-corrected chi connectivity index (χ0v) is 13.1. The van der Waals surface area contributed by atoms with E-state index in [9.17, 15) is 13.2 Å². The van der Waals surface area contributed by atoms with Gasteiger partial charge in [0, 0.05) is 24.0 Å². The molecule has 0 aliphatic carbocycles. The van der Waals surface area contributed by atoms with E-state index in [0.29, 0.717) is 34.2 Å². The van der Waals surface area contributed by atoms with Crippen LogP contribution in [-0.4, -0.2) is 24.9 Å². The Labute approximate surface area is 145 Å². The lowest BCUT2D eigenvalue weighted by atomic mass is 10.1. The van der Waals surface area contributed by atoms with Crippen molar-refractivity contribution < 1.29 is 13.2 Å². The van der Waals surface area contributed by atoms with Gasteiger partial charge >= 0.3 is 6.18 Å². The van der Waals surface area contributed by atoms with Gasteiger partial charge in [0.05, 0.1) is 22.8 Å². The zero-order valence-electron chi connectivity index (χ0n) is 13.1. The van der Waals surface area contributed by atoms with Crippen LogP contribution in [0.1, 0.15) is 5.56 Å². The number of pyridine rings is 1. The molecule has 0 aliphatic rings.